The molecule has 3 rings (SSSR count). The van der Waals surface area contributed by atoms with Crippen LogP contribution in [0, 0.1) is 17.7 Å². The fourth-order valence-corrected chi connectivity index (χ4v) is 4.32. The van der Waals surface area contributed by atoms with Crippen LogP contribution < -0.4 is 0 Å². The molecule has 0 aliphatic carbocycles. The number of hydrogen-bond donors (Lipinski definition) is 0. The van der Waals surface area contributed by atoms with Crippen molar-refractivity contribution < 1.29 is 9.18 Å². The SMILES string of the molecule is CCN1CCC(C(=O)N2CCCC(CCc3cccc(F)c3)C2)CC1. The first-order chi connectivity index (χ1) is 12.2. The third-order valence-corrected chi connectivity index (χ3v) is 5.94. The highest BCUT2D eigenvalue weighted by molar-refractivity contribution is 5.79. The summed E-state index contributed by atoms with van der Waals surface area (Å²) in [5.74, 6) is 1.00. The van der Waals surface area contributed by atoms with E-state index in [1.807, 2.05) is 6.07 Å². The van der Waals surface area contributed by atoms with Gasteiger partial charge in [-0.3, -0.25) is 4.79 Å². The third-order valence-electron chi connectivity index (χ3n) is 5.94. The molecule has 2 saturated heterocycles. The molecule has 2 heterocycles. The van der Waals surface area contributed by atoms with Crippen molar-refractivity contribution in [3.63, 3.8) is 0 Å². The highest BCUT2D eigenvalue weighted by Gasteiger charge is 2.30. The van der Waals surface area contributed by atoms with Crippen LogP contribution in [0.5, 0.6) is 0 Å². The van der Waals surface area contributed by atoms with Gasteiger partial charge < -0.3 is 9.80 Å². The number of aryl methyl sites for hydroxylation is 1. The van der Waals surface area contributed by atoms with Crippen LogP contribution in [0.3, 0.4) is 0 Å². The minimum atomic E-state index is -0.156. The monoisotopic (exact) mass is 346 g/mol. The molecule has 1 aromatic rings. The number of carbonyl (C=O) groups is 1. The van der Waals surface area contributed by atoms with E-state index in [0.29, 0.717) is 11.8 Å². The molecule has 0 aromatic heterocycles. The van der Waals surface area contributed by atoms with Gasteiger partial charge in [0.1, 0.15) is 5.82 Å². The van der Waals surface area contributed by atoms with E-state index in [9.17, 15) is 9.18 Å². The number of amides is 1. The van der Waals surface area contributed by atoms with Crippen LogP contribution >= 0.6 is 0 Å². The molecule has 0 bridgehead atoms. The van der Waals surface area contributed by atoms with E-state index in [0.717, 1.165) is 70.4 Å². The Morgan fingerprint density at radius 2 is 2.00 bits per heavy atom. The molecule has 2 fully saturated rings. The van der Waals surface area contributed by atoms with Crippen LogP contribution in [0.2, 0.25) is 0 Å². The summed E-state index contributed by atoms with van der Waals surface area (Å²) in [4.78, 5) is 17.4. The Morgan fingerprint density at radius 3 is 2.72 bits per heavy atom. The lowest BCUT2D eigenvalue weighted by Gasteiger charge is -2.37. The quantitative estimate of drug-likeness (QED) is 0.811. The Labute approximate surface area is 151 Å². The molecule has 0 radical (unpaired) electrons. The van der Waals surface area contributed by atoms with Gasteiger partial charge >= 0.3 is 0 Å². The van der Waals surface area contributed by atoms with Gasteiger partial charge in [0.25, 0.3) is 0 Å². The third kappa shape index (κ3) is 5.04. The van der Waals surface area contributed by atoms with Crippen LogP contribution in [0.25, 0.3) is 0 Å². The number of hydrogen-bond acceptors (Lipinski definition) is 2. The molecule has 25 heavy (non-hydrogen) atoms. The number of piperidine rings is 2. The summed E-state index contributed by atoms with van der Waals surface area (Å²) in [6.45, 7) is 7.21. The zero-order valence-corrected chi connectivity index (χ0v) is 15.4. The number of likely N-dealkylation sites (tertiary alicyclic amines) is 2. The Hall–Kier alpha value is -1.42. The van der Waals surface area contributed by atoms with Gasteiger partial charge in [0, 0.05) is 19.0 Å². The lowest BCUT2D eigenvalue weighted by Crippen LogP contribution is -2.46. The second-order valence-electron chi connectivity index (χ2n) is 7.67. The van der Waals surface area contributed by atoms with Crippen molar-refractivity contribution >= 4 is 5.91 Å². The van der Waals surface area contributed by atoms with E-state index in [4.69, 9.17) is 0 Å². The number of halogens is 1. The summed E-state index contributed by atoms with van der Waals surface area (Å²) in [6.07, 6.45) is 6.26. The van der Waals surface area contributed by atoms with Crippen molar-refractivity contribution in [3.05, 3.63) is 35.6 Å². The van der Waals surface area contributed by atoms with Crippen molar-refractivity contribution in [1.29, 1.82) is 0 Å². The van der Waals surface area contributed by atoms with Gasteiger partial charge in [-0.2, -0.15) is 0 Å². The highest BCUT2D eigenvalue weighted by atomic mass is 19.1. The molecule has 1 amide bonds. The zero-order chi connectivity index (χ0) is 17.6. The lowest BCUT2D eigenvalue weighted by molar-refractivity contribution is -0.139. The van der Waals surface area contributed by atoms with Crippen LogP contribution in [0.1, 0.15) is 44.6 Å². The van der Waals surface area contributed by atoms with Gasteiger partial charge in [-0.15, -0.1) is 0 Å². The van der Waals surface area contributed by atoms with Crippen molar-refractivity contribution in [2.24, 2.45) is 11.8 Å². The van der Waals surface area contributed by atoms with E-state index >= 15 is 0 Å². The topological polar surface area (TPSA) is 23.6 Å². The van der Waals surface area contributed by atoms with E-state index in [1.54, 1.807) is 12.1 Å². The second kappa shape index (κ2) is 8.79. The fourth-order valence-electron chi connectivity index (χ4n) is 4.32. The smallest absolute Gasteiger partial charge is 0.225 e. The van der Waals surface area contributed by atoms with E-state index in [1.165, 1.54) is 12.5 Å². The molecule has 0 N–H and O–H groups in total. The first-order valence-corrected chi connectivity index (χ1v) is 9.91. The van der Waals surface area contributed by atoms with Gasteiger partial charge in [-0.25, -0.2) is 4.39 Å². The molecule has 0 saturated carbocycles. The molecular formula is C21H31FN2O. The highest BCUT2D eigenvalue weighted by Crippen LogP contribution is 2.26. The minimum Gasteiger partial charge on any atom is -0.342 e. The average molecular weight is 346 g/mol. The van der Waals surface area contributed by atoms with E-state index in [2.05, 4.69) is 16.7 Å². The molecule has 4 heteroatoms. The average Bonchev–Trinajstić information content (AvgIpc) is 2.66. The number of carbonyl (C=O) groups excluding carboxylic acids is 1. The van der Waals surface area contributed by atoms with Gasteiger partial charge in [-0.1, -0.05) is 19.1 Å². The molecule has 3 nitrogen and oxygen atoms in total. The first kappa shape index (κ1) is 18.4. The van der Waals surface area contributed by atoms with Crippen molar-refractivity contribution in [2.75, 3.05) is 32.7 Å². The molecule has 1 unspecified atom stereocenters. The molecule has 2 aliphatic rings. The lowest BCUT2D eigenvalue weighted by atomic mass is 9.89. The molecule has 138 valence electrons. The second-order valence-corrected chi connectivity index (χ2v) is 7.67. The summed E-state index contributed by atoms with van der Waals surface area (Å²) in [6, 6.07) is 6.90. The molecular weight excluding hydrogens is 315 g/mol. The number of benzene rings is 1. The molecule has 2 aliphatic heterocycles. The Kier molecular flexibility index (Phi) is 6.46. The first-order valence-electron chi connectivity index (χ1n) is 9.91. The standard InChI is InChI=1S/C21H31FN2O/c1-2-23-13-10-19(11-14-23)21(25)24-12-4-6-18(16-24)9-8-17-5-3-7-20(22)15-17/h3,5,7,15,18-19H,2,4,6,8-14,16H2,1H3. The molecule has 1 aromatic carbocycles. The predicted molar refractivity (Wildman–Crippen MR) is 98.9 cm³/mol. The van der Waals surface area contributed by atoms with E-state index < -0.39 is 0 Å². The van der Waals surface area contributed by atoms with Crippen molar-refractivity contribution in [3.8, 4) is 0 Å². The Balaban J connectivity index is 1.48. The fraction of sp³-hybridized carbons (Fsp3) is 0.667. The van der Waals surface area contributed by atoms with Crippen LogP contribution in [0.4, 0.5) is 4.39 Å². The number of rotatable bonds is 5. The summed E-state index contributed by atoms with van der Waals surface area (Å²) in [5, 5.41) is 0. The van der Waals surface area contributed by atoms with Gasteiger partial charge in [-0.05, 0) is 81.8 Å². The zero-order valence-electron chi connectivity index (χ0n) is 15.4. The predicted octanol–water partition coefficient (Wildman–Crippen LogP) is 3.73. The summed E-state index contributed by atoms with van der Waals surface area (Å²) >= 11 is 0. The summed E-state index contributed by atoms with van der Waals surface area (Å²) < 4.78 is 13.3. The maximum Gasteiger partial charge on any atom is 0.225 e. The van der Waals surface area contributed by atoms with Crippen LogP contribution in [0.15, 0.2) is 24.3 Å². The maximum atomic E-state index is 13.3. The van der Waals surface area contributed by atoms with Crippen LogP contribution in [-0.2, 0) is 11.2 Å². The van der Waals surface area contributed by atoms with Gasteiger partial charge in [0.15, 0.2) is 0 Å². The molecule has 1 atom stereocenters. The summed E-state index contributed by atoms with van der Waals surface area (Å²) in [7, 11) is 0. The minimum absolute atomic E-state index is 0.156. The van der Waals surface area contributed by atoms with E-state index in [-0.39, 0.29) is 11.7 Å². The maximum absolute atomic E-state index is 13.3. The van der Waals surface area contributed by atoms with Crippen LogP contribution in [-0.4, -0.2) is 48.4 Å². The normalized spacial score (nSPS) is 23.0. The van der Waals surface area contributed by atoms with Crippen molar-refractivity contribution in [1.82, 2.24) is 9.80 Å². The summed E-state index contributed by atoms with van der Waals surface area (Å²) in [5.41, 5.74) is 1.07. The van der Waals surface area contributed by atoms with Crippen molar-refractivity contribution in [2.45, 2.75) is 45.4 Å². The Morgan fingerprint density at radius 1 is 1.20 bits per heavy atom. The largest absolute Gasteiger partial charge is 0.342 e. The Bertz CT molecular complexity index is 569. The number of nitrogens with zero attached hydrogens (tertiary/aromatic N) is 2. The van der Waals surface area contributed by atoms with Gasteiger partial charge in [0.05, 0.1) is 0 Å². The van der Waals surface area contributed by atoms with Gasteiger partial charge in [0.2, 0.25) is 5.91 Å². The molecule has 0 spiro atoms.